The Balaban J connectivity index is 1.79. The van der Waals surface area contributed by atoms with Gasteiger partial charge >= 0.3 is 0 Å². The number of benzene rings is 2. The summed E-state index contributed by atoms with van der Waals surface area (Å²) in [6.07, 6.45) is 3.91. The average Bonchev–Trinajstić information content (AvgIpc) is 3.23. The van der Waals surface area contributed by atoms with Gasteiger partial charge in [-0.1, -0.05) is 44.0 Å². The van der Waals surface area contributed by atoms with Gasteiger partial charge in [0.1, 0.15) is 17.7 Å². The van der Waals surface area contributed by atoms with Crippen LogP contribution in [0.15, 0.2) is 36.4 Å². The minimum atomic E-state index is -0.602. The monoisotopic (exact) mass is 458 g/mol. The van der Waals surface area contributed by atoms with Gasteiger partial charge < -0.3 is 4.90 Å². The molecule has 170 valence electrons. The maximum Gasteiger partial charge on any atom is 0.225 e. The molecule has 0 radical (unpaired) electrons. The Morgan fingerprint density at radius 1 is 1.28 bits per heavy atom. The molecule has 2 aromatic rings. The van der Waals surface area contributed by atoms with Crippen molar-refractivity contribution in [1.82, 2.24) is 4.90 Å². The SMILES string of the molecule is CCCC(C)C(=O)N1CC[C@H](CC(Cc2ccc(F)cc2F)c2ccc(C#N)c(Cl)c2)C1. The molecule has 0 spiro atoms. The molecular formula is C26H29ClF2N2O. The first-order valence-corrected chi connectivity index (χ1v) is 11.6. The summed E-state index contributed by atoms with van der Waals surface area (Å²) in [5.41, 5.74) is 1.76. The summed E-state index contributed by atoms with van der Waals surface area (Å²) >= 11 is 6.28. The Labute approximate surface area is 194 Å². The number of nitrogens with zero attached hydrogens (tertiary/aromatic N) is 2. The van der Waals surface area contributed by atoms with E-state index in [-0.39, 0.29) is 23.7 Å². The van der Waals surface area contributed by atoms with Crippen LogP contribution in [0.5, 0.6) is 0 Å². The lowest BCUT2D eigenvalue weighted by molar-refractivity contribution is -0.134. The highest BCUT2D eigenvalue weighted by molar-refractivity contribution is 6.31. The second kappa shape index (κ2) is 10.9. The Bertz CT molecular complexity index is 1000. The average molecular weight is 459 g/mol. The molecule has 2 unspecified atom stereocenters. The summed E-state index contributed by atoms with van der Waals surface area (Å²) in [5.74, 6) is -0.706. The highest BCUT2D eigenvalue weighted by Crippen LogP contribution is 2.35. The summed E-state index contributed by atoms with van der Waals surface area (Å²) in [6, 6.07) is 11.0. The number of halogens is 3. The summed E-state index contributed by atoms with van der Waals surface area (Å²) in [7, 11) is 0. The molecule has 32 heavy (non-hydrogen) atoms. The number of hydrogen-bond acceptors (Lipinski definition) is 2. The number of nitriles is 1. The molecule has 0 saturated carbocycles. The predicted octanol–water partition coefficient (Wildman–Crippen LogP) is 6.49. The van der Waals surface area contributed by atoms with Crippen molar-refractivity contribution in [2.45, 2.75) is 51.9 Å². The summed E-state index contributed by atoms with van der Waals surface area (Å²) in [6.45, 7) is 5.50. The topological polar surface area (TPSA) is 44.1 Å². The summed E-state index contributed by atoms with van der Waals surface area (Å²) < 4.78 is 27.8. The molecular weight excluding hydrogens is 430 g/mol. The van der Waals surface area contributed by atoms with Gasteiger partial charge in [0.05, 0.1) is 10.6 Å². The molecule has 0 aliphatic carbocycles. The molecule has 2 aromatic carbocycles. The van der Waals surface area contributed by atoms with Gasteiger partial charge in [-0.05, 0) is 66.8 Å². The van der Waals surface area contributed by atoms with Gasteiger partial charge in [-0.25, -0.2) is 8.78 Å². The van der Waals surface area contributed by atoms with E-state index < -0.39 is 11.6 Å². The van der Waals surface area contributed by atoms with Gasteiger partial charge in [-0.3, -0.25) is 4.79 Å². The molecule has 0 N–H and O–H groups in total. The van der Waals surface area contributed by atoms with Crippen molar-refractivity contribution >= 4 is 17.5 Å². The molecule has 3 nitrogen and oxygen atoms in total. The number of carbonyl (C=O) groups is 1. The Kier molecular flexibility index (Phi) is 8.26. The minimum Gasteiger partial charge on any atom is -0.342 e. The predicted molar refractivity (Wildman–Crippen MR) is 122 cm³/mol. The summed E-state index contributed by atoms with van der Waals surface area (Å²) in [4.78, 5) is 14.7. The maximum absolute atomic E-state index is 14.4. The first kappa shape index (κ1) is 24.2. The summed E-state index contributed by atoms with van der Waals surface area (Å²) in [5, 5.41) is 9.55. The van der Waals surface area contributed by atoms with E-state index in [0.717, 1.165) is 43.9 Å². The van der Waals surface area contributed by atoms with E-state index in [9.17, 15) is 18.8 Å². The van der Waals surface area contributed by atoms with Crippen molar-refractivity contribution < 1.29 is 13.6 Å². The lowest BCUT2D eigenvalue weighted by Gasteiger charge is -2.24. The van der Waals surface area contributed by atoms with E-state index in [0.29, 0.717) is 29.1 Å². The third-order valence-electron chi connectivity index (χ3n) is 6.43. The number of hydrogen-bond donors (Lipinski definition) is 0. The smallest absolute Gasteiger partial charge is 0.225 e. The van der Waals surface area contributed by atoms with E-state index >= 15 is 0 Å². The van der Waals surface area contributed by atoms with Crippen LogP contribution in [0.4, 0.5) is 8.78 Å². The third kappa shape index (κ3) is 5.86. The van der Waals surface area contributed by atoms with Crippen LogP contribution in [-0.2, 0) is 11.2 Å². The van der Waals surface area contributed by atoms with E-state index in [1.54, 1.807) is 12.1 Å². The molecule has 3 atom stereocenters. The number of likely N-dealkylation sites (tertiary alicyclic amines) is 1. The van der Waals surface area contributed by atoms with Gasteiger partial charge in [0, 0.05) is 25.1 Å². The molecule has 1 aliphatic rings. The Morgan fingerprint density at radius 2 is 2.06 bits per heavy atom. The molecule has 1 fully saturated rings. The van der Waals surface area contributed by atoms with E-state index in [1.807, 2.05) is 17.9 Å². The van der Waals surface area contributed by atoms with Crippen LogP contribution in [0.25, 0.3) is 0 Å². The fraction of sp³-hybridized carbons (Fsp3) is 0.462. The van der Waals surface area contributed by atoms with Gasteiger partial charge in [0.15, 0.2) is 0 Å². The maximum atomic E-state index is 14.4. The van der Waals surface area contributed by atoms with Crippen molar-refractivity contribution in [1.29, 1.82) is 5.26 Å². The molecule has 0 bridgehead atoms. The fourth-order valence-corrected chi connectivity index (χ4v) is 4.89. The van der Waals surface area contributed by atoms with E-state index in [4.69, 9.17) is 11.6 Å². The molecule has 0 aromatic heterocycles. The molecule has 1 aliphatic heterocycles. The van der Waals surface area contributed by atoms with Crippen LogP contribution in [0.2, 0.25) is 5.02 Å². The molecule has 6 heteroatoms. The van der Waals surface area contributed by atoms with Crippen LogP contribution in [-0.4, -0.2) is 23.9 Å². The second-order valence-electron chi connectivity index (χ2n) is 8.85. The normalized spacial score (nSPS) is 17.8. The quantitative estimate of drug-likeness (QED) is 0.453. The van der Waals surface area contributed by atoms with Crippen LogP contribution in [0.3, 0.4) is 0 Å². The van der Waals surface area contributed by atoms with Crippen molar-refractivity contribution in [3.8, 4) is 6.07 Å². The number of amides is 1. The lowest BCUT2D eigenvalue weighted by Crippen LogP contribution is -2.33. The van der Waals surface area contributed by atoms with Crippen LogP contribution < -0.4 is 0 Å². The van der Waals surface area contributed by atoms with Gasteiger partial charge in [-0.2, -0.15) is 5.26 Å². The van der Waals surface area contributed by atoms with Crippen LogP contribution >= 0.6 is 11.6 Å². The first-order chi connectivity index (χ1) is 15.3. The van der Waals surface area contributed by atoms with E-state index in [1.165, 1.54) is 12.1 Å². The highest BCUT2D eigenvalue weighted by Gasteiger charge is 2.31. The highest BCUT2D eigenvalue weighted by atomic mass is 35.5. The standard InChI is InChI=1S/C26H29ClF2N2O/c1-3-4-17(2)26(32)31-10-9-18(16-31)11-22(12-20-7-8-23(28)14-25(20)29)19-5-6-21(15-30)24(27)13-19/h5-8,13-14,17-18,22H,3-4,9-12,16H2,1-2H3/t17?,18-,22?/m1/s1. The number of rotatable bonds is 8. The van der Waals surface area contributed by atoms with Crippen molar-refractivity contribution in [3.05, 3.63) is 69.7 Å². The zero-order valence-electron chi connectivity index (χ0n) is 18.6. The third-order valence-corrected chi connectivity index (χ3v) is 6.74. The Hall–Kier alpha value is -2.45. The largest absolute Gasteiger partial charge is 0.342 e. The molecule has 3 rings (SSSR count). The van der Waals surface area contributed by atoms with Crippen molar-refractivity contribution in [3.63, 3.8) is 0 Å². The van der Waals surface area contributed by atoms with Gasteiger partial charge in [0.2, 0.25) is 5.91 Å². The zero-order valence-corrected chi connectivity index (χ0v) is 19.3. The van der Waals surface area contributed by atoms with Crippen LogP contribution in [0, 0.1) is 34.8 Å². The zero-order chi connectivity index (χ0) is 23.3. The van der Waals surface area contributed by atoms with Crippen molar-refractivity contribution in [2.24, 2.45) is 11.8 Å². The molecule has 1 saturated heterocycles. The van der Waals surface area contributed by atoms with Gasteiger partial charge in [-0.15, -0.1) is 0 Å². The fourth-order valence-electron chi connectivity index (χ4n) is 4.66. The van der Waals surface area contributed by atoms with Gasteiger partial charge in [0.25, 0.3) is 0 Å². The second-order valence-corrected chi connectivity index (χ2v) is 9.26. The lowest BCUT2D eigenvalue weighted by atomic mass is 9.83. The van der Waals surface area contributed by atoms with E-state index in [2.05, 4.69) is 13.0 Å². The molecule has 1 heterocycles. The number of carbonyl (C=O) groups excluding carboxylic acids is 1. The first-order valence-electron chi connectivity index (χ1n) is 11.2. The van der Waals surface area contributed by atoms with Crippen molar-refractivity contribution in [2.75, 3.05) is 13.1 Å². The van der Waals surface area contributed by atoms with Crippen LogP contribution in [0.1, 0.15) is 62.1 Å². The Morgan fingerprint density at radius 3 is 2.72 bits per heavy atom. The minimum absolute atomic E-state index is 0.0280. The molecule has 1 amide bonds.